The number of hydrogen-bond acceptors (Lipinski definition) is 1. The minimum atomic E-state index is 0.207. The molecular weight excluding hydrogens is 208 g/mol. The molecule has 1 nitrogen and oxygen atoms in total. The number of hydrogen-bond donors (Lipinski definition) is 1. The van der Waals surface area contributed by atoms with Crippen molar-refractivity contribution < 1.29 is 5.11 Å². The van der Waals surface area contributed by atoms with Crippen LogP contribution >= 0.6 is 0 Å². The van der Waals surface area contributed by atoms with E-state index in [1.54, 1.807) is 0 Å². The molecule has 0 spiro atoms. The molecule has 0 unspecified atom stereocenters. The van der Waals surface area contributed by atoms with Gasteiger partial charge in [-0.15, -0.1) is 0 Å². The first kappa shape index (κ1) is 12.4. The Hall–Kier alpha value is -1.08. The van der Waals surface area contributed by atoms with Crippen LogP contribution in [0.25, 0.3) is 6.08 Å². The van der Waals surface area contributed by atoms with Gasteiger partial charge in [-0.05, 0) is 42.4 Å². The molecule has 1 aromatic carbocycles. The first-order valence-electron chi connectivity index (χ1n) is 6.68. The molecule has 1 aliphatic rings. The van der Waals surface area contributed by atoms with Crippen LogP contribution in [0.3, 0.4) is 0 Å². The fourth-order valence-corrected chi connectivity index (χ4v) is 2.71. The van der Waals surface area contributed by atoms with Gasteiger partial charge in [0.1, 0.15) is 0 Å². The number of rotatable bonds is 3. The SMILES string of the molecule is Cc1ccccc1C=C(CO)C1CCCCC1. The van der Waals surface area contributed by atoms with Gasteiger partial charge in [0, 0.05) is 0 Å². The van der Waals surface area contributed by atoms with Crippen molar-refractivity contribution in [3.63, 3.8) is 0 Å². The molecule has 17 heavy (non-hydrogen) atoms. The minimum Gasteiger partial charge on any atom is -0.392 e. The van der Waals surface area contributed by atoms with Gasteiger partial charge in [0.05, 0.1) is 6.61 Å². The second-order valence-corrected chi connectivity index (χ2v) is 5.07. The van der Waals surface area contributed by atoms with E-state index in [1.165, 1.54) is 48.8 Å². The van der Waals surface area contributed by atoms with Crippen molar-refractivity contribution in [2.24, 2.45) is 5.92 Å². The molecule has 1 fully saturated rings. The Labute approximate surface area is 104 Å². The largest absolute Gasteiger partial charge is 0.392 e. The Morgan fingerprint density at radius 2 is 1.94 bits per heavy atom. The molecular formula is C16H22O. The fourth-order valence-electron chi connectivity index (χ4n) is 2.71. The van der Waals surface area contributed by atoms with Gasteiger partial charge in [-0.25, -0.2) is 0 Å². The fraction of sp³-hybridized carbons (Fsp3) is 0.500. The Morgan fingerprint density at radius 3 is 2.59 bits per heavy atom. The van der Waals surface area contributed by atoms with Crippen molar-refractivity contribution in [1.82, 2.24) is 0 Å². The van der Waals surface area contributed by atoms with Crippen LogP contribution in [-0.4, -0.2) is 11.7 Å². The molecule has 0 heterocycles. The molecule has 0 bridgehead atoms. The maximum absolute atomic E-state index is 9.56. The average molecular weight is 230 g/mol. The Balaban J connectivity index is 2.19. The summed E-state index contributed by atoms with van der Waals surface area (Å²) in [6.07, 6.45) is 8.69. The van der Waals surface area contributed by atoms with E-state index in [9.17, 15) is 5.11 Å². The predicted octanol–water partition coefficient (Wildman–Crippen LogP) is 3.95. The van der Waals surface area contributed by atoms with E-state index in [-0.39, 0.29) is 6.61 Å². The van der Waals surface area contributed by atoms with Gasteiger partial charge in [0.2, 0.25) is 0 Å². The van der Waals surface area contributed by atoms with E-state index in [0.29, 0.717) is 5.92 Å². The standard InChI is InChI=1S/C16H22O/c1-13-7-5-6-10-15(13)11-16(12-17)14-8-3-2-4-9-14/h5-7,10-11,14,17H,2-4,8-9,12H2,1H3. The summed E-state index contributed by atoms with van der Waals surface area (Å²) < 4.78 is 0. The lowest BCUT2D eigenvalue weighted by Crippen LogP contribution is -2.11. The van der Waals surface area contributed by atoms with Gasteiger partial charge in [-0.1, -0.05) is 49.6 Å². The van der Waals surface area contributed by atoms with E-state index < -0.39 is 0 Å². The summed E-state index contributed by atoms with van der Waals surface area (Å²) in [5, 5.41) is 9.56. The number of aliphatic hydroxyl groups excluding tert-OH is 1. The monoisotopic (exact) mass is 230 g/mol. The van der Waals surface area contributed by atoms with Crippen LogP contribution in [0, 0.1) is 12.8 Å². The third-order valence-electron chi connectivity index (χ3n) is 3.84. The highest BCUT2D eigenvalue weighted by atomic mass is 16.3. The van der Waals surface area contributed by atoms with Gasteiger partial charge in [-0.2, -0.15) is 0 Å². The van der Waals surface area contributed by atoms with E-state index in [4.69, 9.17) is 0 Å². The summed E-state index contributed by atoms with van der Waals surface area (Å²) in [6.45, 7) is 2.33. The summed E-state index contributed by atoms with van der Waals surface area (Å²) in [6, 6.07) is 8.39. The Morgan fingerprint density at radius 1 is 1.24 bits per heavy atom. The highest BCUT2D eigenvalue weighted by molar-refractivity contribution is 5.57. The summed E-state index contributed by atoms with van der Waals surface area (Å²) in [5.74, 6) is 0.605. The lowest BCUT2D eigenvalue weighted by molar-refractivity contribution is 0.295. The summed E-state index contributed by atoms with van der Waals surface area (Å²) in [4.78, 5) is 0. The number of aryl methyl sites for hydroxylation is 1. The number of benzene rings is 1. The average Bonchev–Trinajstić information content (AvgIpc) is 2.39. The molecule has 1 saturated carbocycles. The highest BCUT2D eigenvalue weighted by Crippen LogP contribution is 2.30. The van der Waals surface area contributed by atoms with E-state index in [0.717, 1.165) is 0 Å². The summed E-state index contributed by atoms with van der Waals surface area (Å²) in [7, 11) is 0. The van der Waals surface area contributed by atoms with E-state index in [2.05, 4.69) is 37.3 Å². The molecule has 0 atom stereocenters. The third-order valence-corrected chi connectivity index (χ3v) is 3.84. The summed E-state index contributed by atoms with van der Waals surface area (Å²) >= 11 is 0. The van der Waals surface area contributed by atoms with Crippen molar-refractivity contribution in [2.45, 2.75) is 39.0 Å². The van der Waals surface area contributed by atoms with E-state index >= 15 is 0 Å². The van der Waals surface area contributed by atoms with Crippen molar-refractivity contribution in [1.29, 1.82) is 0 Å². The maximum Gasteiger partial charge on any atom is 0.0647 e. The molecule has 92 valence electrons. The molecule has 1 aromatic rings. The molecule has 0 aliphatic heterocycles. The van der Waals surface area contributed by atoms with Crippen LogP contribution in [0.4, 0.5) is 0 Å². The van der Waals surface area contributed by atoms with Crippen molar-refractivity contribution in [2.75, 3.05) is 6.61 Å². The van der Waals surface area contributed by atoms with Crippen LogP contribution < -0.4 is 0 Å². The van der Waals surface area contributed by atoms with Gasteiger partial charge >= 0.3 is 0 Å². The van der Waals surface area contributed by atoms with Crippen LogP contribution in [0.1, 0.15) is 43.2 Å². The quantitative estimate of drug-likeness (QED) is 0.833. The first-order valence-corrected chi connectivity index (χ1v) is 6.68. The lowest BCUT2D eigenvalue weighted by Gasteiger charge is -2.23. The molecule has 1 aliphatic carbocycles. The topological polar surface area (TPSA) is 20.2 Å². The predicted molar refractivity (Wildman–Crippen MR) is 72.8 cm³/mol. The third kappa shape index (κ3) is 3.19. The van der Waals surface area contributed by atoms with Crippen LogP contribution in [0.2, 0.25) is 0 Å². The van der Waals surface area contributed by atoms with Crippen LogP contribution in [0.15, 0.2) is 29.8 Å². The highest BCUT2D eigenvalue weighted by Gasteiger charge is 2.17. The second kappa shape index (κ2) is 6.02. The number of aliphatic hydroxyl groups is 1. The van der Waals surface area contributed by atoms with Crippen LogP contribution in [0.5, 0.6) is 0 Å². The molecule has 0 saturated heterocycles. The van der Waals surface area contributed by atoms with Crippen molar-refractivity contribution in [3.05, 3.63) is 41.0 Å². The Bertz CT molecular complexity index is 386. The molecule has 1 heteroatoms. The zero-order chi connectivity index (χ0) is 12.1. The zero-order valence-electron chi connectivity index (χ0n) is 10.7. The van der Waals surface area contributed by atoms with Gasteiger partial charge in [0.25, 0.3) is 0 Å². The van der Waals surface area contributed by atoms with Crippen molar-refractivity contribution in [3.8, 4) is 0 Å². The smallest absolute Gasteiger partial charge is 0.0647 e. The molecule has 0 aromatic heterocycles. The van der Waals surface area contributed by atoms with Gasteiger partial charge in [0.15, 0.2) is 0 Å². The van der Waals surface area contributed by atoms with Crippen molar-refractivity contribution >= 4 is 6.08 Å². The normalized spacial score (nSPS) is 18.4. The minimum absolute atomic E-state index is 0.207. The molecule has 0 amide bonds. The lowest BCUT2D eigenvalue weighted by atomic mass is 9.83. The van der Waals surface area contributed by atoms with Crippen LogP contribution in [-0.2, 0) is 0 Å². The Kier molecular flexibility index (Phi) is 4.38. The molecule has 2 rings (SSSR count). The molecule has 0 radical (unpaired) electrons. The summed E-state index contributed by atoms with van der Waals surface area (Å²) in [5.41, 5.74) is 3.76. The maximum atomic E-state index is 9.56. The van der Waals surface area contributed by atoms with Gasteiger partial charge in [-0.3, -0.25) is 0 Å². The van der Waals surface area contributed by atoms with Gasteiger partial charge < -0.3 is 5.11 Å². The zero-order valence-corrected chi connectivity index (χ0v) is 10.7. The molecule has 1 N–H and O–H groups in total. The van der Waals surface area contributed by atoms with E-state index in [1.807, 2.05) is 0 Å². The first-order chi connectivity index (χ1) is 8.31. The second-order valence-electron chi connectivity index (χ2n) is 5.07.